The number of rotatable bonds is 6. The average molecular weight is 310 g/mol. The normalized spacial score (nSPS) is 18.0. The smallest absolute Gasteiger partial charge is 0.241 e. The van der Waals surface area contributed by atoms with Crippen molar-refractivity contribution in [1.82, 2.24) is 4.72 Å². The molecule has 0 atom stereocenters. The molecule has 0 amide bonds. The Morgan fingerprint density at radius 2 is 1.76 bits per heavy atom. The molecule has 0 aliphatic heterocycles. The van der Waals surface area contributed by atoms with Crippen LogP contribution in [0.3, 0.4) is 0 Å². The van der Waals surface area contributed by atoms with E-state index in [0.29, 0.717) is 11.4 Å². The van der Waals surface area contributed by atoms with Gasteiger partial charge >= 0.3 is 0 Å². The van der Waals surface area contributed by atoms with Crippen LogP contribution >= 0.6 is 0 Å². The predicted octanol–water partition coefficient (Wildman–Crippen LogP) is 2.36. The highest BCUT2D eigenvalue weighted by Gasteiger charge is 2.36. The van der Waals surface area contributed by atoms with Crippen LogP contribution in [-0.2, 0) is 22.9 Å². The fourth-order valence-corrected chi connectivity index (χ4v) is 4.71. The summed E-state index contributed by atoms with van der Waals surface area (Å²) in [7, 11) is -3.50. The van der Waals surface area contributed by atoms with Crippen molar-refractivity contribution in [3.8, 4) is 0 Å². The zero-order chi connectivity index (χ0) is 15.5. The van der Waals surface area contributed by atoms with Crippen molar-refractivity contribution in [3.63, 3.8) is 0 Å². The number of sulfonamides is 1. The van der Waals surface area contributed by atoms with Crippen LogP contribution < -0.4 is 10.5 Å². The minimum Gasteiger partial charge on any atom is -0.329 e. The third-order valence-corrected chi connectivity index (χ3v) is 6.13. The number of nitrogens with one attached hydrogen (secondary N) is 1. The molecule has 4 nitrogen and oxygen atoms in total. The van der Waals surface area contributed by atoms with Gasteiger partial charge in [-0.1, -0.05) is 32.8 Å². The summed E-state index contributed by atoms with van der Waals surface area (Å²) >= 11 is 0. The molecular weight excluding hydrogens is 284 g/mol. The van der Waals surface area contributed by atoms with E-state index in [9.17, 15) is 8.42 Å². The Morgan fingerprint density at radius 1 is 1.14 bits per heavy atom. The van der Waals surface area contributed by atoms with E-state index >= 15 is 0 Å². The van der Waals surface area contributed by atoms with E-state index in [-0.39, 0.29) is 0 Å². The molecule has 1 aromatic rings. The second kappa shape index (κ2) is 6.46. The first kappa shape index (κ1) is 16.5. The Morgan fingerprint density at radius 3 is 2.29 bits per heavy atom. The first-order valence-corrected chi connectivity index (χ1v) is 9.30. The van der Waals surface area contributed by atoms with E-state index < -0.39 is 15.6 Å². The van der Waals surface area contributed by atoms with Gasteiger partial charge in [0.15, 0.2) is 0 Å². The quantitative estimate of drug-likeness (QED) is 0.847. The number of nitrogens with two attached hydrogens (primary N) is 1. The summed E-state index contributed by atoms with van der Waals surface area (Å²) in [6.07, 6.45) is 5.49. The van der Waals surface area contributed by atoms with Crippen molar-refractivity contribution >= 4 is 10.0 Å². The van der Waals surface area contributed by atoms with Crippen molar-refractivity contribution in [2.45, 2.75) is 62.8 Å². The van der Waals surface area contributed by atoms with Gasteiger partial charge in [0.05, 0.1) is 4.90 Å². The number of hydrogen-bond acceptors (Lipinski definition) is 3. The molecule has 2 rings (SSSR count). The van der Waals surface area contributed by atoms with Gasteiger partial charge in [0.25, 0.3) is 0 Å². The lowest BCUT2D eigenvalue weighted by Crippen LogP contribution is -2.51. The van der Waals surface area contributed by atoms with Crippen LogP contribution in [-0.4, -0.2) is 20.5 Å². The van der Waals surface area contributed by atoms with Crippen LogP contribution in [0, 0.1) is 0 Å². The van der Waals surface area contributed by atoms with Crippen LogP contribution in [0.5, 0.6) is 0 Å². The second-order valence-electron chi connectivity index (χ2n) is 5.93. The first-order valence-electron chi connectivity index (χ1n) is 7.82. The van der Waals surface area contributed by atoms with Gasteiger partial charge in [0, 0.05) is 12.1 Å². The Bertz CT molecular complexity index is 590. The molecule has 1 aromatic carbocycles. The van der Waals surface area contributed by atoms with E-state index in [4.69, 9.17) is 5.73 Å². The van der Waals surface area contributed by atoms with Gasteiger partial charge < -0.3 is 5.73 Å². The third-order valence-electron chi connectivity index (χ3n) is 4.55. The molecule has 0 saturated heterocycles. The van der Waals surface area contributed by atoms with Gasteiger partial charge in [0.1, 0.15) is 0 Å². The lowest BCUT2D eigenvalue weighted by atomic mass is 10.0. The van der Waals surface area contributed by atoms with Crippen molar-refractivity contribution in [2.24, 2.45) is 5.73 Å². The van der Waals surface area contributed by atoms with E-state index in [1.54, 1.807) is 12.1 Å². The van der Waals surface area contributed by atoms with E-state index in [0.717, 1.165) is 44.1 Å². The topological polar surface area (TPSA) is 72.2 Å². The highest BCUT2D eigenvalue weighted by atomic mass is 32.2. The van der Waals surface area contributed by atoms with Crippen LogP contribution in [0.1, 0.15) is 50.7 Å². The Kier molecular flexibility index (Phi) is 5.07. The van der Waals surface area contributed by atoms with Gasteiger partial charge in [-0.2, -0.15) is 0 Å². The molecule has 5 heteroatoms. The predicted molar refractivity (Wildman–Crippen MR) is 85.8 cm³/mol. The minimum absolute atomic E-state index is 0.358. The standard InChI is InChI=1S/C16H26N2O2S/c1-3-13-7-8-15(11-14(13)4-2)21(19,20)18-16(12-17)9-5-6-10-16/h7-8,11,18H,3-6,9-10,12,17H2,1-2H3. The molecule has 1 saturated carbocycles. The maximum absolute atomic E-state index is 12.7. The summed E-state index contributed by atoms with van der Waals surface area (Å²) in [5.74, 6) is 0. The van der Waals surface area contributed by atoms with Crippen LogP contribution in [0.4, 0.5) is 0 Å². The van der Waals surface area contributed by atoms with Gasteiger partial charge in [-0.3, -0.25) is 0 Å². The monoisotopic (exact) mass is 310 g/mol. The van der Waals surface area contributed by atoms with Crippen LogP contribution in [0.25, 0.3) is 0 Å². The Balaban J connectivity index is 2.31. The SMILES string of the molecule is CCc1ccc(S(=O)(=O)NC2(CN)CCCC2)cc1CC. The van der Waals surface area contributed by atoms with E-state index in [2.05, 4.69) is 18.6 Å². The van der Waals surface area contributed by atoms with Gasteiger partial charge in [-0.25, -0.2) is 13.1 Å². The number of hydrogen-bond donors (Lipinski definition) is 2. The van der Waals surface area contributed by atoms with E-state index in [1.807, 2.05) is 6.07 Å². The molecule has 0 unspecified atom stereocenters. The maximum atomic E-state index is 12.7. The molecule has 1 aliphatic carbocycles. The zero-order valence-electron chi connectivity index (χ0n) is 13.0. The largest absolute Gasteiger partial charge is 0.329 e. The molecule has 21 heavy (non-hydrogen) atoms. The van der Waals surface area contributed by atoms with Crippen molar-refractivity contribution in [1.29, 1.82) is 0 Å². The molecule has 0 heterocycles. The van der Waals surface area contributed by atoms with Gasteiger partial charge in [-0.15, -0.1) is 0 Å². The fraction of sp³-hybridized carbons (Fsp3) is 0.625. The lowest BCUT2D eigenvalue weighted by molar-refractivity contribution is 0.399. The summed E-state index contributed by atoms with van der Waals surface area (Å²) in [6.45, 7) is 4.50. The van der Waals surface area contributed by atoms with Crippen LogP contribution in [0.15, 0.2) is 23.1 Å². The summed E-state index contributed by atoms with van der Waals surface area (Å²) in [5.41, 5.74) is 7.70. The summed E-state index contributed by atoms with van der Waals surface area (Å²) in [4.78, 5) is 0.358. The van der Waals surface area contributed by atoms with E-state index in [1.165, 1.54) is 5.56 Å². The Labute approximate surface area is 128 Å². The molecule has 118 valence electrons. The summed E-state index contributed by atoms with van der Waals surface area (Å²) < 4.78 is 28.2. The second-order valence-corrected chi connectivity index (χ2v) is 7.62. The highest BCUT2D eigenvalue weighted by Crippen LogP contribution is 2.30. The third kappa shape index (κ3) is 3.47. The van der Waals surface area contributed by atoms with Crippen molar-refractivity contribution in [3.05, 3.63) is 29.3 Å². The molecular formula is C16H26N2O2S. The summed E-state index contributed by atoms with van der Waals surface area (Å²) in [6, 6.07) is 5.44. The minimum atomic E-state index is -3.50. The molecule has 0 bridgehead atoms. The van der Waals surface area contributed by atoms with Gasteiger partial charge in [-0.05, 0) is 48.9 Å². The zero-order valence-corrected chi connectivity index (χ0v) is 13.8. The highest BCUT2D eigenvalue weighted by molar-refractivity contribution is 7.89. The number of aryl methyl sites for hydroxylation is 2. The van der Waals surface area contributed by atoms with Crippen molar-refractivity contribution < 1.29 is 8.42 Å². The van der Waals surface area contributed by atoms with Crippen LogP contribution in [0.2, 0.25) is 0 Å². The lowest BCUT2D eigenvalue weighted by Gasteiger charge is -2.28. The molecule has 1 aliphatic rings. The molecule has 0 aromatic heterocycles. The fourth-order valence-electron chi connectivity index (χ4n) is 3.19. The number of benzene rings is 1. The maximum Gasteiger partial charge on any atom is 0.241 e. The Hall–Kier alpha value is -0.910. The first-order chi connectivity index (χ1) is 9.96. The molecule has 1 fully saturated rings. The molecule has 0 spiro atoms. The summed E-state index contributed by atoms with van der Waals surface area (Å²) in [5, 5.41) is 0. The molecule has 3 N–H and O–H groups in total. The van der Waals surface area contributed by atoms with Gasteiger partial charge in [0.2, 0.25) is 10.0 Å². The molecule has 0 radical (unpaired) electrons. The van der Waals surface area contributed by atoms with Crippen molar-refractivity contribution in [2.75, 3.05) is 6.54 Å². The average Bonchev–Trinajstić information content (AvgIpc) is 2.94.